The zero-order valence-corrected chi connectivity index (χ0v) is 8.30. The maximum atomic E-state index is 12.1. The molecule has 0 bridgehead atoms. The third kappa shape index (κ3) is 2.13. The fourth-order valence-electron chi connectivity index (χ4n) is 1.33. The third-order valence-corrected chi connectivity index (χ3v) is 2.27. The first-order valence-electron chi connectivity index (χ1n) is 4.25. The van der Waals surface area contributed by atoms with Crippen LogP contribution in [0.25, 0.3) is 17.0 Å². The first-order valence-corrected chi connectivity index (χ1v) is 4.62. The number of benzene rings is 1. The predicted octanol–water partition coefficient (Wildman–Crippen LogP) is 4.13. The van der Waals surface area contributed by atoms with Gasteiger partial charge in [-0.15, -0.1) is 0 Å². The van der Waals surface area contributed by atoms with Crippen LogP contribution >= 0.6 is 11.6 Å². The van der Waals surface area contributed by atoms with Gasteiger partial charge in [-0.3, -0.25) is 0 Å². The summed E-state index contributed by atoms with van der Waals surface area (Å²) in [7, 11) is 0. The largest absolute Gasteiger partial charge is 0.271 e. The van der Waals surface area contributed by atoms with Crippen molar-refractivity contribution in [3.63, 3.8) is 0 Å². The van der Waals surface area contributed by atoms with Gasteiger partial charge in [0.2, 0.25) is 0 Å². The highest BCUT2D eigenvalue weighted by Gasteiger charge is 2.03. The molecule has 0 saturated heterocycles. The van der Waals surface area contributed by atoms with Gasteiger partial charge in [0, 0.05) is 17.0 Å². The molecule has 0 spiro atoms. The van der Waals surface area contributed by atoms with E-state index in [0.29, 0.717) is 11.6 Å². The normalized spacial score (nSPS) is 10.3. The summed E-state index contributed by atoms with van der Waals surface area (Å²) in [6.45, 7) is 0. The molecule has 1 heterocycles. The van der Waals surface area contributed by atoms with Crippen LogP contribution in [0.1, 0.15) is 5.56 Å². The van der Waals surface area contributed by atoms with Gasteiger partial charge in [-0.05, 0) is 12.1 Å². The molecular formula is C11H6ClF2N. The summed E-state index contributed by atoms with van der Waals surface area (Å²) in [6, 6.07) is 8.80. The molecule has 4 heteroatoms. The Kier molecular flexibility index (Phi) is 2.64. The summed E-state index contributed by atoms with van der Waals surface area (Å²) in [6.07, 6.45) is -1.07. The van der Waals surface area contributed by atoms with E-state index in [2.05, 4.69) is 4.98 Å². The Morgan fingerprint density at radius 1 is 1.27 bits per heavy atom. The van der Waals surface area contributed by atoms with E-state index < -0.39 is 6.08 Å². The minimum Gasteiger partial charge on any atom is -0.235 e. The number of para-hydroxylation sites is 1. The molecular weight excluding hydrogens is 220 g/mol. The lowest BCUT2D eigenvalue weighted by atomic mass is 10.1. The van der Waals surface area contributed by atoms with Crippen LogP contribution in [-0.2, 0) is 0 Å². The summed E-state index contributed by atoms with van der Waals surface area (Å²) in [5.74, 6) is 0. The Balaban J connectivity index is 2.67. The molecule has 2 rings (SSSR count). The fraction of sp³-hybridized carbons (Fsp3) is 0. The van der Waals surface area contributed by atoms with Gasteiger partial charge < -0.3 is 0 Å². The van der Waals surface area contributed by atoms with Crippen molar-refractivity contribution in [3.8, 4) is 0 Å². The molecule has 1 nitrogen and oxygen atoms in total. The average molecular weight is 226 g/mol. The highest BCUT2D eigenvalue weighted by molar-refractivity contribution is 6.31. The van der Waals surface area contributed by atoms with E-state index in [1.165, 1.54) is 0 Å². The number of aromatic nitrogens is 1. The lowest BCUT2D eigenvalue weighted by molar-refractivity contribution is 0.429. The Morgan fingerprint density at radius 3 is 2.73 bits per heavy atom. The van der Waals surface area contributed by atoms with Gasteiger partial charge in [0.25, 0.3) is 6.08 Å². The minimum absolute atomic E-state index is 0.0847. The molecule has 76 valence electrons. The van der Waals surface area contributed by atoms with Gasteiger partial charge in [-0.25, -0.2) is 4.98 Å². The van der Waals surface area contributed by atoms with Gasteiger partial charge in [-0.1, -0.05) is 29.8 Å². The second-order valence-electron chi connectivity index (χ2n) is 3.00. The highest BCUT2D eigenvalue weighted by Crippen LogP contribution is 2.22. The lowest BCUT2D eigenvalue weighted by Gasteiger charge is -2.00. The molecule has 0 atom stereocenters. The van der Waals surface area contributed by atoms with E-state index in [1.807, 2.05) is 12.1 Å². The Morgan fingerprint density at radius 2 is 2.00 bits per heavy atom. The minimum atomic E-state index is -1.78. The molecule has 1 aromatic heterocycles. The number of hydrogen-bond donors (Lipinski definition) is 0. The van der Waals surface area contributed by atoms with E-state index in [9.17, 15) is 8.78 Å². The first-order chi connectivity index (χ1) is 7.16. The van der Waals surface area contributed by atoms with Crippen LogP contribution in [0.2, 0.25) is 5.15 Å². The summed E-state index contributed by atoms with van der Waals surface area (Å²) in [5, 5.41) is 0.871. The van der Waals surface area contributed by atoms with Crippen LogP contribution in [-0.4, -0.2) is 4.98 Å². The summed E-state index contributed by atoms with van der Waals surface area (Å²) in [4.78, 5) is 4.02. The smallest absolute Gasteiger partial charge is 0.235 e. The van der Waals surface area contributed by atoms with Crippen molar-refractivity contribution >= 4 is 28.6 Å². The molecule has 0 unspecified atom stereocenters. The Bertz CT molecular complexity index is 533. The highest BCUT2D eigenvalue weighted by atomic mass is 35.5. The number of halogens is 3. The van der Waals surface area contributed by atoms with Crippen LogP contribution in [0.5, 0.6) is 0 Å². The second kappa shape index (κ2) is 3.95. The summed E-state index contributed by atoms with van der Waals surface area (Å²) >= 11 is 5.76. The molecule has 0 saturated carbocycles. The van der Waals surface area contributed by atoms with E-state index in [4.69, 9.17) is 11.6 Å². The summed E-state index contributed by atoms with van der Waals surface area (Å²) < 4.78 is 24.2. The standard InChI is InChI=1S/C11H6ClF2N/c12-11-8(6-10(13)14)5-7-3-1-2-4-9(7)15-11/h1-6H. The summed E-state index contributed by atoms with van der Waals surface area (Å²) in [5.41, 5.74) is 0.925. The number of nitrogens with zero attached hydrogens (tertiary/aromatic N) is 1. The zero-order valence-electron chi connectivity index (χ0n) is 7.55. The molecule has 1 aromatic carbocycles. The van der Waals surface area contributed by atoms with Crippen LogP contribution in [0, 0.1) is 0 Å². The van der Waals surface area contributed by atoms with E-state index >= 15 is 0 Å². The van der Waals surface area contributed by atoms with Gasteiger partial charge >= 0.3 is 0 Å². The number of fused-ring (bicyclic) bond motifs is 1. The van der Waals surface area contributed by atoms with Crippen LogP contribution < -0.4 is 0 Å². The lowest BCUT2D eigenvalue weighted by Crippen LogP contribution is -1.84. The average Bonchev–Trinajstić information content (AvgIpc) is 2.18. The molecule has 0 N–H and O–H groups in total. The van der Waals surface area contributed by atoms with Crippen molar-refractivity contribution in [1.82, 2.24) is 4.98 Å². The van der Waals surface area contributed by atoms with Crippen molar-refractivity contribution in [1.29, 1.82) is 0 Å². The number of rotatable bonds is 1. The molecule has 15 heavy (non-hydrogen) atoms. The molecule has 0 fully saturated rings. The molecule has 0 aliphatic carbocycles. The van der Waals surface area contributed by atoms with Crippen LogP contribution in [0.4, 0.5) is 8.78 Å². The van der Waals surface area contributed by atoms with Crippen LogP contribution in [0.3, 0.4) is 0 Å². The molecule has 0 radical (unpaired) electrons. The van der Waals surface area contributed by atoms with E-state index in [-0.39, 0.29) is 10.7 Å². The first kappa shape index (κ1) is 10.1. The van der Waals surface area contributed by atoms with Crippen molar-refractivity contribution in [2.75, 3.05) is 0 Å². The topological polar surface area (TPSA) is 12.9 Å². The van der Waals surface area contributed by atoms with Crippen molar-refractivity contribution in [2.45, 2.75) is 0 Å². The maximum absolute atomic E-state index is 12.1. The van der Waals surface area contributed by atoms with Gasteiger partial charge in [0.1, 0.15) is 5.15 Å². The molecule has 0 aliphatic heterocycles. The number of pyridine rings is 1. The van der Waals surface area contributed by atoms with E-state index in [0.717, 1.165) is 5.39 Å². The van der Waals surface area contributed by atoms with Gasteiger partial charge in [0.05, 0.1) is 5.52 Å². The monoisotopic (exact) mass is 225 g/mol. The molecule has 2 aromatic rings. The Labute approximate surface area is 90.0 Å². The third-order valence-electron chi connectivity index (χ3n) is 1.97. The van der Waals surface area contributed by atoms with Crippen molar-refractivity contribution in [2.24, 2.45) is 0 Å². The second-order valence-corrected chi connectivity index (χ2v) is 3.35. The van der Waals surface area contributed by atoms with Crippen molar-refractivity contribution in [3.05, 3.63) is 47.1 Å². The SMILES string of the molecule is FC(F)=Cc1cc2ccccc2nc1Cl. The van der Waals surface area contributed by atoms with Gasteiger partial charge in [-0.2, -0.15) is 8.78 Å². The molecule has 0 aliphatic rings. The maximum Gasteiger partial charge on any atom is 0.271 e. The Hall–Kier alpha value is -1.48. The molecule has 0 amide bonds. The van der Waals surface area contributed by atoms with E-state index in [1.54, 1.807) is 18.2 Å². The van der Waals surface area contributed by atoms with Crippen molar-refractivity contribution < 1.29 is 8.78 Å². The fourth-order valence-corrected chi connectivity index (χ4v) is 1.53. The zero-order chi connectivity index (χ0) is 10.8. The quantitative estimate of drug-likeness (QED) is 0.665. The van der Waals surface area contributed by atoms with Gasteiger partial charge in [0.15, 0.2) is 0 Å². The van der Waals surface area contributed by atoms with Crippen LogP contribution in [0.15, 0.2) is 36.4 Å². The number of hydrogen-bond acceptors (Lipinski definition) is 1. The predicted molar refractivity (Wildman–Crippen MR) is 56.9 cm³/mol.